The van der Waals surface area contributed by atoms with Crippen LogP contribution in [0.1, 0.15) is 26.6 Å². The predicted molar refractivity (Wildman–Crippen MR) is 57.3 cm³/mol. The molecule has 0 N–H and O–H groups in total. The molecule has 14 heavy (non-hydrogen) atoms. The van der Waals surface area contributed by atoms with Crippen molar-refractivity contribution < 1.29 is 0 Å². The average Bonchev–Trinajstić information content (AvgIpc) is 2.45. The van der Waals surface area contributed by atoms with Gasteiger partial charge in [0.2, 0.25) is 0 Å². The van der Waals surface area contributed by atoms with E-state index in [1.54, 1.807) is 0 Å². The Hall–Kier alpha value is -1.38. The topological polar surface area (TPSA) is 30.7 Å². The fourth-order valence-corrected chi connectivity index (χ4v) is 1.60. The van der Waals surface area contributed by atoms with Crippen LogP contribution in [0, 0.1) is 6.92 Å². The molecule has 0 aliphatic rings. The summed E-state index contributed by atoms with van der Waals surface area (Å²) in [6.45, 7) is 8.43. The van der Waals surface area contributed by atoms with Crippen LogP contribution in [0.3, 0.4) is 0 Å². The fourth-order valence-electron chi connectivity index (χ4n) is 1.60. The van der Waals surface area contributed by atoms with Gasteiger partial charge in [-0.25, -0.2) is 9.97 Å². The minimum Gasteiger partial charge on any atom is -0.340 e. The summed E-state index contributed by atoms with van der Waals surface area (Å²) in [6, 6.07) is 2.04. The SMILES string of the molecule is Cc1ncc2c(ccn2C(C)(C)C)n1. The van der Waals surface area contributed by atoms with Crippen molar-refractivity contribution in [2.24, 2.45) is 0 Å². The second-order valence-electron chi connectivity index (χ2n) is 4.54. The van der Waals surface area contributed by atoms with Crippen molar-refractivity contribution in [1.29, 1.82) is 0 Å². The van der Waals surface area contributed by atoms with Crippen molar-refractivity contribution in [3.05, 3.63) is 24.3 Å². The number of fused-ring (bicyclic) bond motifs is 1. The zero-order valence-corrected chi connectivity index (χ0v) is 9.07. The van der Waals surface area contributed by atoms with Crippen LogP contribution in [0.5, 0.6) is 0 Å². The molecule has 0 fully saturated rings. The zero-order chi connectivity index (χ0) is 10.3. The van der Waals surface area contributed by atoms with E-state index in [4.69, 9.17) is 0 Å². The molecular weight excluding hydrogens is 174 g/mol. The number of hydrogen-bond acceptors (Lipinski definition) is 2. The molecule has 0 bridgehead atoms. The maximum absolute atomic E-state index is 4.38. The largest absolute Gasteiger partial charge is 0.340 e. The Morgan fingerprint density at radius 1 is 1.29 bits per heavy atom. The van der Waals surface area contributed by atoms with Gasteiger partial charge in [-0.1, -0.05) is 0 Å². The van der Waals surface area contributed by atoms with Gasteiger partial charge >= 0.3 is 0 Å². The third-order valence-corrected chi connectivity index (χ3v) is 2.28. The van der Waals surface area contributed by atoms with Gasteiger partial charge in [0.1, 0.15) is 5.82 Å². The Kier molecular flexibility index (Phi) is 1.84. The lowest BCUT2D eigenvalue weighted by molar-refractivity contribution is 0.410. The second-order valence-corrected chi connectivity index (χ2v) is 4.54. The molecule has 0 aliphatic heterocycles. The van der Waals surface area contributed by atoms with Crippen LogP contribution in [-0.4, -0.2) is 14.5 Å². The number of rotatable bonds is 0. The first kappa shape index (κ1) is 9.19. The quantitative estimate of drug-likeness (QED) is 0.637. The van der Waals surface area contributed by atoms with E-state index in [0.29, 0.717) is 0 Å². The smallest absolute Gasteiger partial charge is 0.126 e. The van der Waals surface area contributed by atoms with Crippen molar-refractivity contribution in [2.45, 2.75) is 33.2 Å². The van der Waals surface area contributed by atoms with Crippen LogP contribution in [0.25, 0.3) is 11.0 Å². The van der Waals surface area contributed by atoms with Gasteiger partial charge in [-0.2, -0.15) is 0 Å². The molecule has 0 aromatic carbocycles. The lowest BCUT2D eigenvalue weighted by Gasteiger charge is -2.22. The molecule has 0 spiro atoms. The molecule has 0 saturated carbocycles. The second kappa shape index (κ2) is 2.80. The summed E-state index contributed by atoms with van der Waals surface area (Å²) in [4.78, 5) is 8.60. The summed E-state index contributed by atoms with van der Waals surface area (Å²) in [6.07, 6.45) is 3.96. The third-order valence-electron chi connectivity index (χ3n) is 2.28. The van der Waals surface area contributed by atoms with E-state index in [2.05, 4.69) is 41.5 Å². The number of hydrogen-bond donors (Lipinski definition) is 0. The minimum absolute atomic E-state index is 0.0837. The summed E-state index contributed by atoms with van der Waals surface area (Å²) < 4.78 is 2.20. The van der Waals surface area contributed by atoms with Crippen molar-refractivity contribution in [1.82, 2.24) is 14.5 Å². The Labute approximate surface area is 83.8 Å². The molecule has 3 heteroatoms. The van der Waals surface area contributed by atoms with Crippen molar-refractivity contribution >= 4 is 11.0 Å². The van der Waals surface area contributed by atoms with Gasteiger partial charge in [-0.15, -0.1) is 0 Å². The maximum atomic E-state index is 4.38. The van der Waals surface area contributed by atoms with E-state index >= 15 is 0 Å². The summed E-state index contributed by atoms with van der Waals surface area (Å²) in [5.74, 6) is 0.823. The van der Waals surface area contributed by atoms with Gasteiger partial charge in [0, 0.05) is 11.7 Å². The number of nitrogens with zero attached hydrogens (tertiary/aromatic N) is 3. The molecule has 2 heterocycles. The average molecular weight is 189 g/mol. The Bertz CT molecular complexity index is 463. The molecule has 3 nitrogen and oxygen atoms in total. The fraction of sp³-hybridized carbons (Fsp3) is 0.455. The van der Waals surface area contributed by atoms with Crippen LogP contribution in [-0.2, 0) is 5.54 Å². The monoisotopic (exact) mass is 189 g/mol. The highest BCUT2D eigenvalue weighted by Gasteiger charge is 2.15. The van der Waals surface area contributed by atoms with Gasteiger partial charge in [0.05, 0.1) is 17.2 Å². The minimum atomic E-state index is 0.0837. The van der Waals surface area contributed by atoms with E-state index in [9.17, 15) is 0 Å². The maximum Gasteiger partial charge on any atom is 0.126 e. The first-order chi connectivity index (χ1) is 6.48. The van der Waals surface area contributed by atoms with Crippen LogP contribution < -0.4 is 0 Å². The van der Waals surface area contributed by atoms with Gasteiger partial charge in [0.15, 0.2) is 0 Å². The molecular formula is C11H15N3. The van der Waals surface area contributed by atoms with Crippen molar-refractivity contribution in [2.75, 3.05) is 0 Å². The van der Waals surface area contributed by atoms with E-state index in [1.165, 1.54) is 0 Å². The summed E-state index contributed by atoms with van der Waals surface area (Å²) in [7, 11) is 0. The molecule has 0 aliphatic carbocycles. The predicted octanol–water partition coefficient (Wildman–Crippen LogP) is 2.49. The highest BCUT2D eigenvalue weighted by Crippen LogP contribution is 2.21. The number of aromatic nitrogens is 3. The molecule has 74 valence electrons. The van der Waals surface area contributed by atoms with Gasteiger partial charge in [-0.3, -0.25) is 0 Å². The molecule has 2 rings (SSSR count). The van der Waals surface area contributed by atoms with E-state index in [-0.39, 0.29) is 5.54 Å². The van der Waals surface area contributed by atoms with E-state index in [0.717, 1.165) is 16.9 Å². The normalized spacial score (nSPS) is 12.3. The standard InChI is InChI=1S/C11H15N3/c1-8-12-7-10-9(13-8)5-6-14(10)11(2,3)4/h5-7H,1-4H3. The Balaban J connectivity index is 2.70. The lowest BCUT2D eigenvalue weighted by Crippen LogP contribution is -2.20. The molecule has 2 aromatic rings. The Morgan fingerprint density at radius 2 is 2.00 bits per heavy atom. The van der Waals surface area contributed by atoms with E-state index in [1.807, 2.05) is 19.2 Å². The number of aryl methyl sites for hydroxylation is 1. The van der Waals surface area contributed by atoms with Crippen molar-refractivity contribution in [3.8, 4) is 0 Å². The Morgan fingerprint density at radius 3 is 2.64 bits per heavy atom. The molecule has 0 amide bonds. The first-order valence-electron chi connectivity index (χ1n) is 4.80. The third kappa shape index (κ3) is 1.39. The van der Waals surface area contributed by atoms with Gasteiger partial charge < -0.3 is 4.57 Å². The van der Waals surface area contributed by atoms with Crippen LogP contribution >= 0.6 is 0 Å². The van der Waals surface area contributed by atoms with Crippen molar-refractivity contribution in [3.63, 3.8) is 0 Å². The van der Waals surface area contributed by atoms with E-state index < -0.39 is 0 Å². The highest BCUT2D eigenvalue weighted by molar-refractivity contribution is 5.75. The van der Waals surface area contributed by atoms with Crippen LogP contribution in [0.2, 0.25) is 0 Å². The first-order valence-corrected chi connectivity index (χ1v) is 4.80. The van der Waals surface area contributed by atoms with Crippen LogP contribution in [0.15, 0.2) is 18.5 Å². The summed E-state index contributed by atoms with van der Waals surface area (Å²) in [5.41, 5.74) is 2.20. The lowest BCUT2D eigenvalue weighted by atomic mass is 10.1. The molecule has 0 unspecified atom stereocenters. The molecule has 2 aromatic heterocycles. The zero-order valence-electron chi connectivity index (χ0n) is 9.07. The summed E-state index contributed by atoms with van der Waals surface area (Å²) in [5, 5.41) is 0. The van der Waals surface area contributed by atoms with Gasteiger partial charge in [0.25, 0.3) is 0 Å². The molecule has 0 atom stereocenters. The summed E-state index contributed by atoms with van der Waals surface area (Å²) >= 11 is 0. The highest BCUT2D eigenvalue weighted by atomic mass is 15.1. The molecule has 0 radical (unpaired) electrons. The van der Waals surface area contributed by atoms with Gasteiger partial charge in [-0.05, 0) is 33.8 Å². The van der Waals surface area contributed by atoms with Crippen LogP contribution in [0.4, 0.5) is 0 Å². The molecule has 0 saturated heterocycles.